The second-order valence-corrected chi connectivity index (χ2v) is 4.47. The largest absolute Gasteiger partial charge is 0.364 e. The number of nitrogens with one attached hydrogen (secondary N) is 3. The first-order chi connectivity index (χ1) is 10.2. The molecule has 0 fully saturated rings. The van der Waals surface area contributed by atoms with E-state index in [1.165, 1.54) is 0 Å². The number of rotatable bonds is 5. The van der Waals surface area contributed by atoms with Gasteiger partial charge in [-0.25, -0.2) is 0 Å². The quantitative estimate of drug-likeness (QED) is 0.726. The summed E-state index contributed by atoms with van der Waals surface area (Å²) < 4.78 is 5.44. The fourth-order valence-electron chi connectivity index (χ4n) is 1.63. The molecule has 110 valence electrons. The predicted molar refractivity (Wildman–Crippen MR) is 77.1 cm³/mol. The normalized spacial score (nSPS) is 11.7. The molecule has 1 unspecified atom stereocenters. The maximum atomic E-state index is 11.8. The van der Waals surface area contributed by atoms with Crippen molar-refractivity contribution in [3.8, 4) is 0 Å². The highest BCUT2D eigenvalue weighted by Gasteiger charge is 2.14. The molecule has 2 amide bonds. The molecule has 6 heteroatoms. The van der Waals surface area contributed by atoms with Gasteiger partial charge in [-0.1, -0.05) is 30.3 Å². The van der Waals surface area contributed by atoms with Crippen LogP contribution in [0.15, 0.2) is 48.7 Å². The summed E-state index contributed by atoms with van der Waals surface area (Å²) in [4.78, 5) is 26.1. The summed E-state index contributed by atoms with van der Waals surface area (Å²) in [6.45, 7) is 1.96. The molecule has 2 rings (SSSR count). The van der Waals surface area contributed by atoms with Crippen LogP contribution in [0.2, 0.25) is 0 Å². The number of ether oxygens (including phenoxy) is 1. The van der Waals surface area contributed by atoms with Gasteiger partial charge in [0, 0.05) is 6.20 Å². The van der Waals surface area contributed by atoms with Crippen LogP contribution in [0.25, 0.3) is 0 Å². The summed E-state index contributed by atoms with van der Waals surface area (Å²) in [5.41, 5.74) is 5.99. The predicted octanol–water partition coefficient (Wildman–Crippen LogP) is 1.38. The molecule has 1 aromatic carbocycles. The third-order valence-corrected chi connectivity index (χ3v) is 2.85. The van der Waals surface area contributed by atoms with Gasteiger partial charge < -0.3 is 9.72 Å². The van der Waals surface area contributed by atoms with Crippen LogP contribution in [0, 0.1) is 0 Å². The van der Waals surface area contributed by atoms with Crippen molar-refractivity contribution in [3.63, 3.8) is 0 Å². The van der Waals surface area contributed by atoms with E-state index >= 15 is 0 Å². The minimum absolute atomic E-state index is 0.333. The van der Waals surface area contributed by atoms with Crippen LogP contribution in [0.3, 0.4) is 0 Å². The smallest absolute Gasteiger partial charge is 0.286 e. The maximum absolute atomic E-state index is 11.8. The molecule has 3 N–H and O–H groups in total. The first-order valence-electron chi connectivity index (χ1n) is 6.56. The number of aromatic amines is 1. The molecule has 0 aliphatic carbocycles. The Hall–Kier alpha value is -2.60. The fourth-order valence-corrected chi connectivity index (χ4v) is 1.63. The highest BCUT2D eigenvalue weighted by Crippen LogP contribution is 2.03. The van der Waals surface area contributed by atoms with Gasteiger partial charge in [0.05, 0.1) is 6.61 Å². The third-order valence-electron chi connectivity index (χ3n) is 2.85. The summed E-state index contributed by atoms with van der Waals surface area (Å²) in [5, 5.41) is 0. The van der Waals surface area contributed by atoms with E-state index < -0.39 is 17.9 Å². The number of hydrazine groups is 1. The SMILES string of the molecule is CC(OCc1ccccc1)C(=O)NNC(=O)c1ccc[nH]1. The number of aromatic nitrogens is 1. The van der Waals surface area contributed by atoms with Crippen molar-refractivity contribution < 1.29 is 14.3 Å². The summed E-state index contributed by atoms with van der Waals surface area (Å²) in [5.74, 6) is -0.825. The Labute approximate surface area is 122 Å². The van der Waals surface area contributed by atoms with E-state index in [0.29, 0.717) is 12.3 Å². The van der Waals surface area contributed by atoms with Gasteiger partial charge in [0.25, 0.3) is 11.8 Å². The van der Waals surface area contributed by atoms with Crippen LogP contribution in [0.5, 0.6) is 0 Å². The van der Waals surface area contributed by atoms with Crippen LogP contribution in [-0.4, -0.2) is 22.9 Å². The lowest BCUT2D eigenvalue weighted by atomic mass is 10.2. The van der Waals surface area contributed by atoms with Gasteiger partial charge in [-0.05, 0) is 24.6 Å². The van der Waals surface area contributed by atoms with E-state index in [2.05, 4.69) is 15.8 Å². The average Bonchev–Trinajstić information content (AvgIpc) is 3.05. The zero-order valence-electron chi connectivity index (χ0n) is 11.6. The number of H-pyrrole nitrogens is 1. The van der Waals surface area contributed by atoms with Crippen LogP contribution >= 0.6 is 0 Å². The minimum atomic E-state index is -0.672. The molecule has 1 aromatic heterocycles. The monoisotopic (exact) mass is 287 g/mol. The van der Waals surface area contributed by atoms with E-state index in [1.807, 2.05) is 30.3 Å². The third kappa shape index (κ3) is 4.47. The molecule has 21 heavy (non-hydrogen) atoms. The second kappa shape index (κ2) is 7.25. The molecule has 0 aliphatic heterocycles. The molecule has 0 aliphatic rings. The molecular weight excluding hydrogens is 270 g/mol. The van der Waals surface area contributed by atoms with Crippen molar-refractivity contribution in [1.29, 1.82) is 0 Å². The molecule has 0 radical (unpaired) electrons. The maximum Gasteiger partial charge on any atom is 0.286 e. The Morgan fingerprint density at radius 1 is 1.14 bits per heavy atom. The van der Waals surface area contributed by atoms with Gasteiger partial charge in [-0.15, -0.1) is 0 Å². The number of amides is 2. The molecule has 0 spiro atoms. The minimum Gasteiger partial charge on any atom is -0.364 e. The summed E-state index contributed by atoms with van der Waals surface area (Å²) >= 11 is 0. The standard InChI is InChI=1S/C15H17N3O3/c1-11(21-10-12-6-3-2-4-7-12)14(19)17-18-15(20)13-8-5-9-16-13/h2-9,11,16H,10H2,1H3,(H,17,19)(H,18,20). The highest BCUT2D eigenvalue weighted by molar-refractivity contribution is 5.94. The Morgan fingerprint density at radius 2 is 1.90 bits per heavy atom. The molecule has 0 saturated heterocycles. The topological polar surface area (TPSA) is 83.2 Å². The van der Waals surface area contributed by atoms with Crippen LogP contribution in [-0.2, 0) is 16.1 Å². The summed E-state index contributed by atoms with van der Waals surface area (Å²) in [7, 11) is 0. The van der Waals surface area contributed by atoms with Crippen molar-refractivity contribution in [2.75, 3.05) is 0 Å². The number of hydrogen-bond donors (Lipinski definition) is 3. The van der Waals surface area contributed by atoms with Gasteiger partial charge in [0.15, 0.2) is 0 Å². The van der Waals surface area contributed by atoms with E-state index in [9.17, 15) is 9.59 Å². The van der Waals surface area contributed by atoms with E-state index in [-0.39, 0.29) is 0 Å². The summed E-state index contributed by atoms with van der Waals surface area (Å²) in [6, 6.07) is 12.9. The highest BCUT2D eigenvalue weighted by atomic mass is 16.5. The first-order valence-corrected chi connectivity index (χ1v) is 6.56. The van der Waals surface area contributed by atoms with Crippen LogP contribution in [0.1, 0.15) is 23.0 Å². The molecule has 6 nitrogen and oxygen atoms in total. The lowest BCUT2D eigenvalue weighted by Crippen LogP contribution is -2.46. The van der Waals surface area contributed by atoms with Gasteiger partial charge in [-0.2, -0.15) is 0 Å². The Balaban J connectivity index is 1.74. The summed E-state index contributed by atoms with van der Waals surface area (Å²) in [6.07, 6.45) is 0.955. The van der Waals surface area contributed by atoms with Gasteiger partial charge in [0.1, 0.15) is 11.8 Å². The molecule has 0 saturated carbocycles. The Bertz CT molecular complexity index is 581. The van der Waals surface area contributed by atoms with E-state index in [0.717, 1.165) is 5.56 Å². The molecule has 0 bridgehead atoms. The van der Waals surface area contributed by atoms with Gasteiger partial charge >= 0.3 is 0 Å². The van der Waals surface area contributed by atoms with Gasteiger partial charge in [-0.3, -0.25) is 20.4 Å². The van der Waals surface area contributed by atoms with Crippen molar-refractivity contribution in [2.24, 2.45) is 0 Å². The Morgan fingerprint density at radius 3 is 2.57 bits per heavy atom. The fraction of sp³-hybridized carbons (Fsp3) is 0.200. The van der Waals surface area contributed by atoms with Crippen molar-refractivity contribution in [2.45, 2.75) is 19.6 Å². The van der Waals surface area contributed by atoms with Gasteiger partial charge in [0.2, 0.25) is 0 Å². The van der Waals surface area contributed by atoms with Crippen molar-refractivity contribution in [1.82, 2.24) is 15.8 Å². The average molecular weight is 287 g/mol. The Kier molecular flexibility index (Phi) is 5.11. The van der Waals surface area contributed by atoms with E-state index in [4.69, 9.17) is 4.74 Å². The lowest BCUT2D eigenvalue weighted by molar-refractivity contribution is -0.133. The van der Waals surface area contributed by atoms with Crippen LogP contribution in [0.4, 0.5) is 0 Å². The second-order valence-electron chi connectivity index (χ2n) is 4.47. The number of carbonyl (C=O) groups is 2. The molecule has 1 heterocycles. The van der Waals surface area contributed by atoms with Crippen molar-refractivity contribution in [3.05, 3.63) is 59.9 Å². The first kappa shape index (κ1) is 14.8. The number of hydrogen-bond acceptors (Lipinski definition) is 3. The molecule has 2 aromatic rings. The number of benzene rings is 1. The van der Waals surface area contributed by atoms with Crippen LogP contribution < -0.4 is 10.9 Å². The zero-order chi connectivity index (χ0) is 15.1. The molecular formula is C15H17N3O3. The number of carbonyl (C=O) groups excluding carboxylic acids is 2. The molecule has 1 atom stereocenters. The van der Waals surface area contributed by atoms with E-state index in [1.54, 1.807) is 25.3 Å². The lowest BCUT2D eigenvalue weighted by Gasteiger charge is -2.13. The van der Waals surface area contributed by atoms with Crippen molar-refractivity contribution >= 4 is 11.8 Å². The zero-order valence-corrected chi connectivity index (χ0v) is 11.6.